The van der Waals surface area contributed by atoms with Crippen LogP contribution in [0.25, 0.3) is 0 Å². The van der Waals surface area contributed by atoms with E-state index in [-0.39, 0.29) is 5.82 Å². The van der Waals surface area contributed by atoms with Crippen molar-refractivity contribution in [1.29, 1.82) is 0 Å². The molecule has 0 saturated carbocycles. The number of ether oxygens (including phenoxy) is 1. The third kappa shape index (κ3) is 3.24. The maximum absolute atomic E-state index is 12.7. The molecule has 0 spiro atoms. The lowest BCUT2D eigenvalue weighted by atomic mass is 10.4. The topological polar surface area (TPSA) is 26.3 Å². The monoisotopic (exact) mass is 202 g/mol. The van der Waals surface area contributed by atoms with Gasteiger partial charge in [-0.25, -0.2) is 4.39 Å². The molecule has 0 amide bonds. The molecule has 1 rings (SSSR count). The minimum Gasteiger partial charge on any atom is -0.384 e. The Morgan fingerprint density at radius 2 is 2.31 bits per heavy atom. The van der Waals surface area contributed by atoms with Crippen LogP contribution in [0, 0.1) is 5.82 Å². The summed E-state index contributed by atoms with van der Waals surface area (Å²) in [6.07, 6.45) is 0. The molecular formula is C9H11FO2S. The smallest absolute Gasteiger partial charge is 0.124 e. The maximum Gasteiger partial charge on any atom is 0.124 e. The first kappa shape index (κ1) is 10.3. The van der Waals surface area contributed by atoms with E-state index < -0.39 is 10.8 Å². The van der Waals surface area contributed by atoms with Crippen LogP contribution < -0.4 is 0 Å². The summed E-state index contributed by atoms with van der Waals surface area (Å²) in [6, 6.07) is 5.81. The minimum absolute atomic E-state index is 0.358. The zero-order chi connectivity index (χ0) is 9.68. The highest BCUT2D eigenvalue weighted by Crippen LogP contribution is 2.08. The Labute approximate surface area is 79.2 Å². The molecule has 0 N–H and O–H groups in total. The molecule has 2 nitrogen and oxygen atoms in total. The quantitative estimate of drug-likeness (QED) is 0.741. The Balaban J connectivity index is 2.66. The van der Waals surface area contributed by atoms with Crippen molar-refractivity contribution in [2.24, 2.45) is 0 Å². The third-order valence-corrected chi connectivity index (χ3v) is 2.85. The Morgan fingerprint density at radius 1 is 1.54 bits per heavy atom. The van der Waals surface area contributed by atoms with Crippen LogP contribution in [0.3, 0.4) is 0 Å². The fourth-order valence-corrected chi connectivity index (χ4v) is 1.91. The van der Waals surface area contributed by atoms with Crippen molar-refractivity contribution < 1.29 is 13.3 Å². The van der Waals surface area contributed by atoms with E-state index in [0.29, 0.717) is 17.3 Å². The zero-order valence-electron chi connectivity index (χ0n) is 7.33. The van der Waals surface area contributed by atoms with E-state index >= 15 is 0 Å². The van der Waals surface area contributed by atoms with Gasteiger partial charge in [-0.1, -0.05) is 6.07 Å². The molecule has 0 aromatic heterocycles. The fourth-order valence-electron chi connectivity index (χ4n) is 0.885. The molecule has 0 aliphatic rings. The van der Waals surface area contributed by atoms with E-state index in [9.17, 15) is 8.60 Å². The van der Waals surface area contributed by atoms with Gasteiger partial charge in [0.1, 0.15) is 5.82 Å². The van der Waals surface area contributed by atoms with Crippen LogP contribution in [-0.2, 0) is 15.5 Å². The lowest BCUT2D eigenvalue weighted by Crippen LogP contribution is -2.04. The van der Waals surface area contributed by atoms with Crippen molar-refractivity contribution in [3.63, 3.8) is 0 Å². The molecule has 13 heavy (non-hydrogen) atoms. The van der Waals surface area contributed by atoms with Crippen LogP contribution >= 0.6 is 0 Å². The van der Waals surface area contributed by atoms with E-state index in [1.807, 2.05) is 0 Å². The summed E-state index contributed by atoms with van der Waals surface area (Å²) < 4.78 is 28.9. The second-order valence-corrected chi connectivity index (χ2v) is 4.07. The van der Waals surface area contributed by atoms with E-state index in [2.05, 4.69) is 0 Å². The van der Waals surface area contributed by atoms with Gasteiger partial charge in [0, 0.05) is 12.0 Å². The largest absolute Gasteiger partial charge is 0.384 e. The molecule has 0 saturated heterocycles. The van der Waals surface area contributed by atoms with Gasteiger partial charge in [0.25, 0.3) is 0 Å². The summed E-state index contributed by atoms with van der Waals surface area (Å²) in [5.74, 6) is 0.0446. The molecular weight excluding hydrogens is 191 g/mol. The van der Waals surface area contributed by atoms with E-state index in [1.165, 1.54) is 12.1 Å². The van der Waals surface area contributed by atoms with Gasteiger partial charge in [-0.2, -0.15) is 0 Å². The molecule has 1 atom stereocenters. The molecule has 0 fully saturated rings. The number of methoxy groups -OCH3 is 1. The molecule has 1 unspecified atom stereocenters. The number of rotatable bonds is 4. The number of hydrogen-bond donors (Lipinski definition) is 0. The molecule has 0 heterocycles. The molecule has 0 bridgehead atoms. The van der Waals surface area contributed by atoms with Gasteiger partial charge in [-0.15, -0.1) is 0 Å². The summed E-state index contributed by atoms with van der Waals surface area (Å²) in [4.78, 5) is 0.511. The molecule has 4 heteroatoms. The van der Waals surface area contributed by atoms with E-state index in [4.69, 9.17) is 4.74 Å². The van der Waals surface area contributed by atoms with Crippen LogP contribution in [0.15, 0.2) is 29.2 Å². The summed E-state index contributed by atoms with van der Waals surface area (Å²) in [5.41, 5.74) is 0. The standard InChI is InChI=1S/C9H11FO2S/c1-12-5-6-13(11)9-4-2-3-8(10)7-9/h2-4,7H,5-6H2,1H3. The van der Waals surface area contributed by atoms with E-state index in [0.717, 1.165) is 0 Å². The van der Waals surface area contributed by atoms with Crippen molar-refractivity contribution in [3.8, 4) is 0 Å². The van der Waals surface area contributed by atoms with Gasteiger partial charge >= 0.3 is 0 Å². The van der Waals surface area contributed by atoms with Crippen molar-refractivity contribution in [2.45, 2.75) is 4.90 Å². The third-order valence-electron chi connectivity index (χ3n) is 1.53. The molecule has 0 radical (unpaired) electrons. The van der Waals surface area contributed by atoms with Crippen LogP contribution in [0.1, 0.15) is 0 Å². The first-order valence-electron chi connectivity index (χ1n) is 3.87. The molecule has 0 aliphatic carbocycles. The lowest BCUT2D eigenvalue weighted by molar-refractivity contribution is 0.218. The Bertz CT molecular complexity index is 301. The summed E-state index contributed by atoms with van der Waals surface area (Å²) in [7, 11) is 0.386. The van der Waals surface area contributed by atoms with Crippen molar-refractivity contribution in [2.75, 3.05) is 19.5 Å². The average molecular weight is 202 g/mol. The number of halogens is 1. The molecule has 1 aromatic carbocycles. The normalized spacial score (nSPS) is 12.8. The fraction of sp³-hybridized carbons (Fsp3) is 0.333. The Morgan fingerprint density at radius 3 is 2.92 bits per heavy atom. The van der Waals surface area contributed by atoms with E-state index in [1.54, 1.807) is 19.2 Å². The van der Waals surface area contributed by atoms with Crippen molar-refractivity contribution >= 4 is 10.8 Å². The Hall–Kier alpha value is -0.740. The minimum atomic E-state index is -1.16. The van der Waals surface area contributed by atoms with Crippen LogP contribution in [0.2, 0.25) is 0 Å². The van der Waals surface area contributed by atoms with Crippen LogP contribution in [0.4, 0.5) is 4.39 Å². The van der Waals surface area contributed by atoms with Crippen LogP contribution in [0.5, 0.6) is 0 Å². The highest BCUT2D eigenvalue weighted by atomic mass is 32.2. The number of benzene rings is 1. The highest BCUT2D eigenvalue weighted by Gasteiger charge is 2.03. The summed E-state index contributed by atoms with van der Waals surface area (Å²) >= 11 is 0. The summed E-state index contributed by atoms with van der Waals surface area (Å²) in [5, 5.41) is 0. The predicted octanol–water partition coefficient (Wildman–Crippen LogP) is 1.58. The second-order valence-electron chi connectivity index (χ2n) is 2.50. The number of hydrogen-bond acceptors (Lipinski definition) is 2. The van der Waals surface area contributed by atoms with Gasteiger partial charge in [0.05, 0.1) is 23.2 Å². The van der Waals surface area contributed by atoms with Gasteiger partial charge in [-0.3, -0.25) is 4.21 Å². The summed E-state index contributed by atoms with van der Waals surface area (Å²) in [6.45, 7) is 0.420. The predicted molar refractivity (Wildman–Crippen MR) is 49.6 cm³/mol. The lowest BCUT2D eigenvalue weighted by Gasteiger charge is -2.00. The highest BCUT2D eigenvalue weighted by molar-refractivity contribution is 7.85. The van der Waals surface area contributed by atoms with Crippen molar-refractivity contribution in [3.05, 3.63) is 30.1 Å². The Kier molecular flexibility index (Phi) is 4.05. The molecule has 0 aliphatic heterocycles. The second kappa shape index (κ2) is 5.09. The van der Waals surface area contributed by atoms with Crippen molar-refractivity contribution in [1.82, 2.24) is 0 Å². The first-order valence-corrected chi connectivity index (χ1v) is 5.19. The first-order chi connectivity index (χ1) is 6.24. The molecule has 1 aromatic rings. The SMILES string of the molecule is COCCS(=O)c1cccc(F)c1. The zero-order valence-corrected chi connectivity index (χ0v) is 8.14. The average Bonchev–Trinajstić information content (AvgIpc) is 2.14. The van der Waals surface area contributed by atoms with Gasteiger partial charge in [-0.05, 0) is 18.2 Å². The van der Waals surface area contributed by atoms with Gasteiger partial charge < -0.3 is 4.74 Å². The molecule has 72 valence electrons. The van der Waals surface area contributed by atoms with Crippen LogP contribution in [-0.4, -0.2) is 23.7 Å². The maximum atomic E-state index is 12.7. The van der Waals surface area contributed by atoms with Gasteiger partial charge in [0.2, 0.25) is 0 Å². The van der Waals surface area contributed by atoms with Gasteiger partial charge in [0.15, 0.2) is 0 Å².